The van der Waals surface area contributed by atoms with Gasteiger partial charge in [-0.1, -0.05) is 18.2 Å². The number of esters is 1. The molecule has 2 atom stereocenters. The minimum Gasteiger partial charge on any atom is -0.502 e. The van der Waals surface area contributed by atoms with Gasteiger partial charge in [-0.3, -0.25) is 25.0 Å². The Labute approximate surface area is 230 Å². The van der Waals surface area contributed by atoms with Gasteiger partial charge >= 0.3 is 17.7 Å². The number of hydrogen-bond donors (Lipinski definition) is 3. The number of nitro groups is 2. The highest BCUT2D eigenvalue weighted by Crippen LogP contribution is 2.27. The van der Waals surface area contributed by atoms with Crippen LogP contribution in [-0.2, 0) is 31.9 Å². The van der Waals surface area contributed by atoms with Crippen LogP contribution in [0.3, 0.4) is 0 Å². The van der Waals surface area contributed by atoms with Crippen molar-refractivity contribution >= 4 is 29.3 Å². The maximum atomic E-state index is 13.4. The number of nitro benzene ring substituents is 2. The van der Waals surface area contributed by atoms with Crippen molar-refractivity contribution in [2.75, 3.05) is 6.61 Å². The first-order valence-corrected chi connectivity index (χ1v) is 12.3. The Bertz CT molecular complexity index is 1290. The molecule has 0 bridgehead atoms. The van der Waals surface area contributed by atoms with Crippen LogP contribution in [-0.4, -0.2) is 57.2 Å². The highest BCUT2D eigenvalue weighted by Gasteiger charge is 2.30. The number of nitrogens with one attached hydrogen (secondary N) is 2. The van der Waals surface area contributed by atoms with Crippen molar-refractivity contribution in [3.8, 4) is 5.75 Å². The summed E-state index contributed by atoms with van der Waals surface area (Å²) in [6.07, 6.45) is -1.38. The van der Waals surface area contributed by atoms with E-state index >= 15 is 0 Å². The number of benzene rings is 2. The summed E-state index contributed by atoms with van der Waals surface area (Å²) in [6.45, 7) is 7.97. The Balaban J connectivity index is 2.39. The first kappa shape index (κ1) is 31.5. The van der Waals surface area contributed by atoms with Crippen LogP contribution in [0.4, 0.5) is 16.2 Å². The molecular formula is C26H32N4O10. The van der Waals surface area contributed by atoms with Crippen LogP contribution in [0.25, 0.3) is 0 Å². The molecule has 0 aliphatic heterocycles. The molecule has 2 amide bonds. The summed E-state index contributed by atoms with van der Waals surface area (Å²) in [7, 11) is 0. The number of phenolic OH excluding ortho intramolecular Hbond substituents is 1. The molecule has 0 spiro atoms. The number of aromatic hydroxyl groups is 1. The number of ether oxygens (including phenoxy) is 2. The summed E-state index contributed by atoms with van der Waals surface area (Å²) in [4.78, 5) is 59.9. The molecule has 0 aliphatic rings. The van der Waals surface area contributed by atoms with Crippen LogP contribution in [0.5, 0.6) is 5.75 Å². The molecule has 0 aromatic heterocycles. The van der Waals surface area contributed by atoms with Crippen molar-refractivity contribution in [3.63, 3.8) is 0 Å². The van der Waals surface area contributed by atoms with Gasteiger partial charge in [-0.25, -0.2) is 9.59 Å². The lowest BCUT2D eigenvalue weighted by molar-refractivity contribution is -0.386. The first-order chi connectivity index (χ1) is 18.6. The maximum Gasteiger partial charge on any atom is 0.408 e. The molecule has 0 saturated heterocycles. The fourth-order valence-electron chi connectivity index (χ4n) is 3.66. The standard InChI is InChI=1S/C26H32N4O10/c1-6-39-24(33)19(12-16-8-7-15(2)20(13-16)29(35)36)27-23(32)18(28-25(34)40-26(3,4)5)11-17-9-10-22(31)21(14-17)30(37)38/h7-10,13-14,18-19,31H,6,11-12H2,1-5H3,(H,27,32)(H,28,34)/t18-,19-/m0/s1. The van der Waals surface area contributed by atoms with Crippen molar-refractivity contribution < 1.29 is 38.8 Å². The van der Waals surface area contributed by atoms with Gasteiger partial charge in [0.2, 0.25) is 5.91 Å². The van der Waals surface area contributed by atoms with Gasteiger partial charge in [0, 0.05) is 30.5 Å². The predicted octanol–water partition coefficient (Wildman–Crippen LogP) is 3.24. The number of rotatable bonds is 11. The average Bonchev–Trinajstić information content (AvgIpc) is 2.84. The Kier molecular flexibility index (Phi) is 10.5. The van der Waals surface area contributed by atoms with Crippen LogP contribution >= 0.6 is 0 Å². The second-order valence-electron chi connectivity index (χ2n) is 9.88. The molecule has 14 heteroatoms. The van der Waals surface area contributed by atoms with Gasteiger partial charge < -0.3 is 25.2 Å². The van der Waals surface area contributed by atoms with Gasteiger partial charge in [-0.2, -0.15) is 0 Å². The molecule has 0 aliphatic carbocycles. The lowest BCUT2D eigenvalue weighted by Gasteiger charge is -2.25. The molecule has 0 heterocycles. The maximum absolute atomic E-state index is 13.4. The summed E-state index contributed by atoms with van der Waals surface area (Å²) in [5.74, 6) is -2.24. The second kappa shape index (κ2) is 13.4. The number of alkyl carbamates (subject to hydrolysis) is 1. The van der Waals surface area contributed by atoms with E-state index in [-0.39, 0.29) is 30.7 Å². The van der Waals surface area contributed by atoms with Crippen molar-refractivity contribution in [2.24, 2.45) is 0 Å². The van der Waals surface area contributed by atoms with Crippen LogP contribution < -0.4 is 10.6 Å². The smallest absolute Gasteiger partial charge is 0.408 e. The Hall–Kier alpha value is -4.75. The van der Waals surface area contributed by atoms with Crippen LogP contribution in [0.2, 0.25) is 0 Å². The molecule has 0 fully saturated rings. The minimum absolute atomic E-state index is 0.00396. The fourth-order valence-corrected chi connectivity index (χ4v) is 3.66. The highest BCUT2D eigenvalue weighted by molar-refractivity contribution is 5.90. The zero-order valence-corrected chi connectivity index (χ0v) is 22.8. The normalized spacial score (nSPS) is 12.5. The lowest BCUT2D eigenvalue weighted by Crippen LogP contribution is -2.54. The third kappa shape index (κ3) is 9.22. The van der Waals surface area contributed by atoms with Gasteiger partial charge in [0.05, 0.1) is 16.5 Å². The molecule has 2 rings (SSSR count). The van der Waals surface area contributed by atoms with Crippen molar-refractivity contribution in [1.82, 2.24) is 10.6 Å². The summed E-state index contributed by atoms with van der Waals surface area (Å²) in [5.41, 5.74) is -0.654. The third-order valence-corrected chi connectivity index (χ3v) is 5.48. The van der Waals surface area contributed by atoms with E-state index in [1.165, 1.54) is 18.2 Å². The zero-order chi connectivity index (χ0) is 30.2. The van der Waals surface area contributed by atoms with Crippen LogP contribution in [0.1, 0.15) is 44.4 Å². The molecular weight excluding hydrogens is 528 g/mol. The van der Waals surface area contributed by atoms with E-state index in [9.17, 15) is 39.7 Å². The number of nitrogens with zero attached hydrogens (tertiary/aromatic N) is 2. The van der Waals surface area contributed by atoms with Crippen molar-refractivity contribution in [3.05, 3.63) is 73.3 Å². The van der Waals surface area contributed by atoms with Gasteiger partial charge in [0.25, 0.3) is 5.69 Å². The van der Waals surface area contributed by atoms with E-state index in [1.807, 2.05) is 0 Å². The predicted molar refractivity (Wildman–Crippen MR) is 142 cm³/mol. The third-order valence-electron chi connectivity index (χ3n) is 5.48. The fraction of sp³-hybridized carbons (Fsp3) is 0.423. The molecule has 0 saturated carbocycles. The second-order valence-corrected chi connectivity index (χ2v) is 9.88. The summed E-state index contributed by atoms with van der Waals surface area (Å²) < 4.78 is 10.3. The number of hydrogen-bond acceptors (Lipinski definition) is 10. The largest absolute Gasteiger partial charge is 0.502 e. The highest BCUT2D eigenvalue weighted by atomic mass is 16.6. The van der Waals surface area contributed by atoms with Gasteiger partial charge in [-0.05, 0) is 51.8 Å². The molecule has 14 nitrogen and oxygen atoms in total. The number of aryl methyl sites for hydroxylation is 1. The quantitative estimate of drug-likeness (QED) is 0.208. The monoisotopic (exact) mass is 560 g/mol. The van der Waals surface area contributed by atoms with E-state index in [4.69, 9.17) is 9.47 Å². The summed E-state index contributed by atoms with van der Waals surface area (Å²) in [6, 6.07) is 5.21. The number of phenols is 1. The summed E-state index contributed by atoms with van der Waals surface area (Å²) in [5, 5.41) is 37.3. The Morgan fingerprint density at radius 1 is 0.925 bits per heavy atom. The van der Waals surface area contributed by atoms with E-state index in [1.54, 1.807) is 40.7 Å². The van der Waals surface area contributed by atoms with Gasteiger partial charge in [-0.15, -0.1) is 0 Å². The van der Waals surface area contributed by atoms with E-state index in [2.05, 4.69) is 10.6 Å². The molecule has 2 aromatic carbocycles. The molecule has 3 N–H and O–H groups in total. The SMILES string of the molecule is CCOC(=O)[C@H](Cc1ccc(C)c([N+](=O)[O-])c1)NC(=O)[C@H](Cc1ccc(O)c([N+](=O)[O-])c1)NC(=O)OC(C)(C)C. The topological polar surface area (TPSA) is 200 Å². The molecule has 0 unspecified atom stereocenters. The lowest BCUT2D eigenvalue weighted by atomic mass is 10.0. The first-order valence-electron chi connectivity index (χ1n) is 12.3. The van der Waals surface area contributed by atoms with E-state index in [0.717, 1.165) is 12.1 Å². The Morgan fingerprint density at radius 3 is 2.02 bits per heavy atom. The molecule has 2 aromatic rings. The van der Waals surface area contributed by atoms with E-state index < -0.39 is 56.9 Å². The minimum atomic E-state index is -1.37. The zero-order valence-electron chi connectivity index (χ0n) is 22.8. The van der Waals surface area contributed by atoms with Crippen LogP contribution in [0, 0.1) is 27.2 Å². The van der Waals surface area contributed by atoms with Gasteiger partial charge in [0.1, 0.15) is 17.7 Å². The van der Waals surface area contributed by atoms with Crippen molar-refractivity contribution in [2.45, 2.75) is 65.1 Å². The Morgan fingerprint density at radius 2 is 1.48 bits per heavy atom. The molecule has 0 radical (unpaired) electrons. The number of amides is 2. The van der Waals surface area contributed by atoms with E-state index in [0.29, 0.717) is 11.1 Å². The molecule has 216 valence electrons. The van der Waals surface area contributed by atoms with Crippen LogP contribution in [0.15, 0.2) is 36.4 Å². The average molecular weight is 561 g/mol. The number of carbonyl (C=O) groups excluding carboxylic acids is 3. The molecule has 40 heavy (non-hydrogen) atoms. The van der Waals surface area contributed by atoms with Crippen molar-refractivity contribution in [1.29, 1.82) is 0 Å². The summed E-state index contributed by atoms with van der Waals surface area (Å²) >= 11 is 0. The number of carbonyl (C=O) groups is 3. The van der Waals surface area contributed by atoms with Gasteiger partial charge in [0.15, 0.2) is 5.75 Å².